The number of benzene rings is 4. The maximum absolute atomic E-state index is 13.4. The van der Waals surface area contributed by atoms with Gasteiger partial charge in [-0.15, -0.1) is 0 Å². The van der Waals surface area contributed by atoms with Crippen LogP contribution in [0.4, 0.5) is 4.79 Å². The van der Waals surface area contributed by atoms with E-state index in [1.54, 1.807) is 14.2 Å². The first-order valence-electron chi connectivity index (χ1n) is 16.8. The molecule has 8 nitrogen and oxygen atoms in total. The van der Waals surface area contributed by atoms with Gasteiger partial charge in [-0.25, -0.2) is 4.79 Å². The van der Waals surface area contributed by atoms with Gasteiger partial charge in [0.15, 0.2) is 0 Å². The highest BCUT2D eigenvalue weighted by atomic mass is 16.5. The number of carbonyl (C=O) groups is 2. The molecule has 1 atom stereocenters. The van der Waals surface area contributed by atoms with Crippen molar-refractivity contribution in [1.82, 2.24) is 10.2 Å². The summed E-state index contributed by atoms with van der Waals surface area (Å²) < 4.78 is 23.3. The van der Waals surface area contributed by atoms with E-state index in [1.165, 1.54) is 0 Å². The van der Waals surface area contributed by atoms with E-state index >= 15 is 0 Å². The second-order valence-electron chi connectivity index (χ2n) is 12.0. The van der Waals surface area contributed by atoms with Crippen LogP contribution < -0.4 is 14.8 Å². The maximum Gasteiger partial charge on any atom is 0.407 e. The Morgan fingerprint density at radius 3 is 1.94 bits per heavy atom. The third-order valence-corrected chi connectivity index (χ3v) is 8.91. The summed E-state index contributed by atoms with van der Waals surface area (Å²) in [5, 5.41) is 2.80. The molecule has 1 aliphatic heterocycles. The molecule has 48 heavy (non-hydrogen) atoms. The molecule has 4 aromatic carbocycles. The van der Waals surface area contributed by atoms with E-state index in [4.69, 9.17) is 18.9 Å². The van der Waals surface area contributed by atoms with Gasteiger partial charge < -0.3 is 29.2 Å². The highest BCUT2D eigenvalue weighted by Gasteiger charge is 2.40. The first kappa shape index (κ1) is 34.5. The number of unbranched alkanes of at least 4 members (excludes halogenated alkanes) is 2. The first-order chi connectivity index (χ1) is 23.5. The van der Waals surface area contributed by atoms with Gasteiger partial charge >= 0.3 is 6.09 Å². The molecule has 0 radical (unpaired) electrons. The zero-order valence-corrected chi connectivity index (χ0v) is 27.9. The lowest BCUT2D eigenvalue weighted by atomic mass is 9.80. The topological polar surface area (TPSA) is 86.3 Å². The average Bonchev–Trinajstić information content (AvgIpc) is 3.62. The third-order valence-electron chi connectivity index (χ3n) is 8.91. The fourth-order valence-electron chi connectivity index (χ4n) is 6.32. The smallest absolute Gasteiger partial charge is 0.407 e. The van der Waals surface area contributed by atoms with Crippen molar-refractivity contribution in [2.75, 3.05) is 33.9 Å². The molecule has 0 spiro atoms. The summed E-state index contributed by atoms with van der Waals surface area (Å²) in [5.74, 6) is 1.68. The number of hydrogen-bond donors (Lipinski definition) is 1. The minimum absolute atomic E-state index is 0.0295. The first-order valence-corrected chi connectivity index (χ1v) is 16.8. The molecule has 252 valence electrons. The van der Waals surface area contributed by atoms with Gasteiger partial charge in [-0.05, 0) is 72.2 Å². The lowest BCUT2D eigenvalue weighted by molar-refractivity contribution is -0.134. The quantitative estimate of drug-likeness (QED) is 0.0999. The maximum atomic E-state index is 13.4. The van der Waals surface area contributed by atoms with E-state index in [2.05, 4.69) is 17.4 Å². The van der Waals surface area contributed by atoms with Crippen molar-refractivity contribution in [3.8, 4) is 11.5 Å². The van der Waals surface area contributed by atoms with E-state index in [0.717, 1.165) is 72.4 Å². The molecule has 0 saturated carbocycles. The molecule has 8 heteroatoms. The summed E-state index contributed by atoms with van der Waals surface area (Å²) in [7, 11) is 3.32. The van der Waals surface area contributed by atoms with Gasteiger partial charge in [0.05, 0.1) is 26.9 Å². The summed E-state index contributed by atoms with van der Waals surface area (Å²) in [4.78, 5) is 27.5. The second-order valence-corrected chi connectivity index (χ2v) is 12.0. The minimum atomic E-state index is -0.924. The van der Waals surface area contributed by atoms with E-state index in [0.29, 0.717) is 19.6 Å². The van der Waals surface area contributed by atoms with Crippen molar-refractivity contribution in [3.05, 3.63) is 131 Å². The number of nitrogens with zero attached hydrogens (tertiary/aromatic N) is 1. The molecule has 2 amide bonds. The van der Waals surface area contributed by atoms with Crippen molar-refractivity contribution in [2.45, 2.75) is 56.8 Å². The van der Waals surface area contributed by atoms with Crippen molar-refractivity contribution in [2.24, 2.45) is 0 Å². The molecule has 5 rings (SSSR count). The number of hydrogen-bond acceptors (Lipinski definition) is 6. The standard InChI is InChI=1S/C40H46N2O6/c1-45-36-23-19-33(20-24-36)40(32-15-8-4-9-16-32,34-21-25-37(46-2)26-22-34)48-30-35-17-12-28-42(35)38(43)18-10-5-11-27-41-39(44)47-29-31-13-6-3-7-14-31/h3-4,6-9,13-16,19-26,35H,5,10-12,17-18,27-30H2,1-2H3,(H,41,44)/t35-/m0/s1. The summed E-state index contributed by atoms with van der Waals surface area (Å²) in [6, 6.07) is 35.8. The largest absolute Gasteiger partial charge is 0.497 e. The summed E-state index contributed by atoms with van der Waals surface area (Å²) in [5.41, 5.74) is 2.95. The number of alkyl carbamates (subject to hydrolysis) is 1. The lowest BCUT2D eigenvalue weighted by Crippen LogP contribution is -2.42. The van der Waals surface area contributed by atoms with Crippen LogP contribution in [0, 0.1) is 0 Å². The average molecular weight is 651 g/mol. The number of carbonyl (C=O) groups excluding carboxylic acids is 2. The van der Waals surface area contributed by atoms with E-state index in [9.17, 15) is 9.59 Å². The minimum Gasteiger partial charge on any atom is -0.497 e. The van der Waals surface area contributed by atoms with Crippen molar-refractivity contribution in [3.63, 3.8) is 0 Å². The number of methoxy groups -OCH3 is 2. The Balaban J connectivity index is 1.20. The van der Waals surface area contributed by atoms with Crippen LogP contribution in [0.15, 0.2) is 109 Å². The van der Waals surface area contributed by atoms with Crippen LogP contribution in [0.25, 0.3) is 0 Å². The van der Waals surface area contributed by atoms with E-state index in [1.807, 2.05) is 102 Å². The molecular formula is C40H46N2O6. The van der Waals surface area contributed by atoms with E-state index < -0.39 is 11.7 Å². The normalized spacial score (nSPS) is 14.4. The number of ether oxygens (including phenoxy) is 4. The molecular weight excluding hydrogens is 604 g/mol. The Morgan fingerprint density at radius 1 is 0.750 bits per heavy atom. The van der Waals surface area contributed by atoms with Crippen LogP contribution in [-0.4, -0.2) is 56.9 Å². The van der Waals surface area contributed by atoms with Crippen molar-refractivity contribution in [1.29, 1.82) is 0 Å². The zero-order valence-electron chi connectivity index (χ0n) is 27.9. The Morgan fingerprint density at radius 2 is 1.33 bits per heavy atom. The molecule has 0 unspecified atom stereocenters. The number of likely N-dealkylation sites (tertiary alicyclic amines) is 1. The molecule has 4 aromatic rings. The predicted octanol–water partition coefficient (Wildman–Crippen LogP) is 7.49. The van der Waals surface area contributed by atoms with Gasteiger partial charge in [-0.3, -0.25) is 4.79 Å². The Bertz CT molecular complexity index is 1510. The van der Waals surface area contributed by atoms with Crippen molar-refractivity contribution >= 4 is 12.0 Å². The summed E-state index contributed by atoms with van der Waals surface area (Å²) in [6.45, 7) is 1.87. The second kappa shape index (κ2) is 17.4. The van der Waals surface area contributed by atoms with Gasteiger partial charge in [0.1, 0.15) is 23.7 Å². The fourth-order valence-corrected chi connectivity index (χ4v) is 6.32. The number of amides is 2. The van der Waals surface area contributed by atoms with Gasteiger partial charge in [0, 0.05) is 19.5 Å². The molecule has 1 heterocycles. The molecule has 0 bridgehead atoms. The van der Waals surface area contributed by atoms with Crippen LogP contribution in [0.3, 0.4) is 0 Å². The van der Waals surface area contributed by atoms with Gasteiger partial charge in [0.25, 0.3) is 0 Å². The van der Waals surface area contributed by atoms with Crippen LogP contribution in [-0.2, 0) is 26.5 Å². The van der Waals surface area contributed by atoms with E-state index in [-0.39, 0.29) is 18.6 Å². The highest BCUT2D eigenvalue weighted by molar-refractivity contribution is 5.76. The molecule has 0 aromatic heterocycles. The molecule has 1 saturated heterocycles. The lowest BCUT2D eigenvalue weighted by Gasteiger charge is -2.38. The molecule has 1 aliphatic rings. The Labute approximate surface area is 284 Å². The van der Waals surface area contributed by atoms with Crippen LogP contribution in [0.1, 0.15) is 60.8 Å². The van der Waals surface area contributed by atoms with Crippen LogP contribution in [0.5, 0.6) is 11.5 Å². The highest BCUT2D eigenvalue weighted by Crippen LogP contribution is 2.42. The molecule has 1 N–H and O–H groups in total. The van der Waals surface area contributed by atoms with Gasteiger partial charge in [-0.2, -0.15) is 0 Å². The monoisotopic (exact) mass is 650 g/mol. The summed E-state index contributed by atoms with van der Waals surface area (Å²) >= 11 is 0. The molecule has 0 aliphatic carbocycles. The third kappa shape index (κ3) is 8.75. The summed E-state index contributed by atoms with van der Waals surface area (Å²) in [6.07, 6.45) is 4.25. The Hall–Kier alpha value is -4.82. The predicted molar refractivity (Wildman–Crippen MR) is 186 cm³/mol. The SMILES string of the molecule is COc1ccc(C(OC[C@@H]2CCCN2C(=O)CCCCCNC(=O)OCc2ccccc2)(c2ccccc2)c2ccc(OC)cc2)cc1. The van der Waals surface area contributed by atoms with Crippen molar-refractivity contribution < 1.29 is 28.5 Å². The van der Waals surface area contributed by atoms with Gasteiger partial charge in [-0.1, -0.05) is 91.3 Å². The number of nitrogens with one attached hydrogen (secondary N) is 1. The molecule has 1 fully saturated rings. The fraction of sp³-hybridized carbons (Fsp3) is 0.350. The Kier molecular flexibility index (Phi) is 12.5. The number of rotatable bonds is 16. The van der Waals surface area contributed by atoms with Crippen LogP contribution >= 0.6 is 0 Å². The van der Waals surface area contributed by atoms with Gasteiger partial charge in [0.2, 0.25) is 5.91 Å². The van der Waals surface area contributed by atoms with Crippen LogP contribution in [0.2, 0.25) is 0 Å². The zero-order chi connectivity index (χ0) is 33.6.